The highest BCUT2D eigenvalue weighted by molar-refractivity contribution is 5.95. The number of carbonyl (C=O) groups excluding carboxylic acids is 1. The largest absolute Gasteiger partial charge is 0.507 e. The number of carboxylic acids is 1. The van der Waals surface area contributed by atoms with E-state index >= 15 is 0 Å². The van der Waals surface area contributed by atoms with Crippen LogP contribution in [0.4, 0.5) is 28.0 Å². The fourth-order valence-electron chi connectivity index (χ4n) is 1.24. The van der Waals surface area contributed by atoms with Crippen molar-refractivity contribution in [1.29, 1.82) is 0 Å². The summed E-state index contributed by atoms with van der Waals surface area (Å²) in [4.78, 5) is 22.0. The predicted octanol–water partition coefficient (Wildman–Crippen LogP) is 2.11. The highest BCUT2D eigenvalue weighted by Gasteiger charge is 2.40. The number of carboxylic acid groups (broad SMARTS) is 1. The van der Waals surface area contributed by atoms with Gasteiger partial charge in [-0.2, -0.15) is 8.78 Å². The molecule has 0 saturated carbocycles. The number of alkyl halides is 4. The van der Waals surface area contributed by atoms with E-state index in [2.05, 4.69) is 0 Å². The summed E-state index contributed by atoms with van der Waals surface area (Å²) in [6.45, 7) is -1.58. The van der Waals surface area contributed by atoms with E-state index in [1.807, 2.05) is 5.32 Å². The number of hydrogen-bond donors (Lipinski definition) is 4. The van der Waals surface area contributed by atoms with Crippen LogP contribution < -0.4 is 10.6 Å². The van der Waals surface area contributed by atoms with E-state index in [0.29, 0.717) is 0 Å². The number of hydrogen-bond acceptors (Lipinski definition) is 3. The van der Waals surface area contributed by atoms with Gasteiger partial charge in [-0.05, 0) is 18.2 Å². The molecule has 2 amide bonds. The maximum atomic E-state index is 12.6. The van der Waals surface area contributed by atoms with Crippen molar-refractivity contribution in [1.82, 2.24) is 5.32 Å². The topological polar surface area (TPSA) is 98.7 Å². The summed E-state index contributed by atoms with van der Waals surface area (Å²) in [6.07, 6.45) is -3.93. The van der Waals surface area contributed by atoms with Crippen molar-refractivity contribution in [2.75, 3.05) is 11.9 Å². The number of phenols is 1. The van der Waals surface area contributed by atoms with Crippen molar-refractivity contribution >= 4 is 17.7 Å². The van der Waals surface area contributed by atoms with Crippen molar-refractivity contribution in [3.63, 3.8) is 0 Å². The van der Waals surface area contributed by atoms with E-state index in [4.69, 9.17) is 5.11 Å². The Morgan fingerprint density at radius 3 is 2.43 bits per heavy atom. The lowest BCUT2D eigenvalue weighted by molar-refractivity contribution is -0.123. The number of carbonyl (C=O) groups is 2. The first kappa shape index (κ1) is 16.5. The minimum absolute atomic E-state index is 0.122. The van der Waals surface area contributed by atoms with Gasteiger partial charge in [-0.3, -0.25) is 0 Å². The molecule has 0 fully saturated rings. The van der Waals surface area contributed by atoms with Gasteiger partial charge < -0.3 is 20.8 Å². The molecule has 21 heavy (non-hydrogen) atoms. The van der Waals surface area contributed by atoms with Crippen molar-refractivity contribution in [3.05, 3.63) is 23.8 Å². The summed E-state index contributed by atoms with van der Waals surface area (Å²) < 4.78 is 48.9. The number of amides is 2. The van der Waals surface area contributed by atoms with Crippen molar-refractivity contribution in [2.24, 2.45) is 0 Å². The Hall–Kier alpha value is -2.52. The monoisotopic (exact) mass is 310 g/mol. The predicted molar refractivity (Wildman–Crippen MR) is 63.0 cm³/mol. The molecule has 0 radical (unpaired) electrons. The second-order valence-electron chi connectivity index (χ2n) is 3.91. The number of aromatic carboxylic acids is 1. The van der Waals surface area contributed by atoms with Gasteiger partial charge in [0.05, 0.1) is 6.54 Å². The second-order valence-corrected chi connectivity index (χ2v) is 3.91. The standard InChI is InChI=1S/C11H10F4N2O4/c12-9(13)11(14,15)4-16-10(21)17-5-1-2-7(18)6(3-5)8(19)20/h1-3,9,18H,4H2,(H,19,20)(H2,16,17,21). The SMILES string of the molecule is O=C(NCC(F)(F)C(F)F)Nc1ccc(O)c(C(=O)O)c1. The van der Waals surface area contributed by atoms with Gasteiger partial charge in [0, 0.05) is 5.69 Å². The molecule has 0 aliphatic rings. The van der Waals surface area contributed by atoms with Crippen LogP contribution in [0.3, 0.4) is 0 Å². The molecular formula is C11H10F4N2O4. The van der Waals surface area contributed by atoms with Gasteiger partial charge in [-0.15, -0.1) is 0 Å². The van der Waals surface area contributed by atoms with E-state index in [1.54, 1.807) is 0 Å². The molecule has 0 heterocycles. The number of halogens is 4. The maximum absolute atomic E-state index is 12.6. The number of anilines is 1. The van der Waals surface area contributed by atoms with Crippen LogP contribution in [0.2, 0.25) is 0 Å². The molecule has 4 N–H and O–H groups in total. The van der Waals surface area contributed by atoms with Crippen molar-refractivity contribution < 1.29 is 37.4 Å². The quantitative estimate of drug-likeness (QED) is 0.494. The summed E-state index contributed by atoms with van der Waals surface area (Å²) in [5.74, 6) is -6.41. The fraction of sp³-hybridized carbons (Fsp3) is 0.273. The molecule has 1 aromatic rings. The number of aromatic hydroxyl groups is 1. The van der Waals surface area contributed by atoms with Crippen LogP contribution in [0.1, 0.15) is 10.4 Å². The molecule has 0 unspecified atom stereocenters. The van der Waals surface area contributed by atoms with Crippen LogP contribution in [0, 0.1) is 0 Å². The average Bonchev–Trinajstić information content (AvgIpc) is 2.38. The summed E-state index contributed by atoms with van der Waals surface area (Å²) >= 11 is 0. The van der Waals surface area contributed by atoms with Crippen molar-refractivity contribution in [2.45, 2.75) is 12.3 Å². The third kappa shape index (κ3) is 4.51. The van der Waals surface area contributed by atoms with Crippen molar-refractivity contribution in [3.8, 4) is 5.75 Å². The Kier molecular flexibility index (Phi) is 4.95. The zero-order chi connectivity index (χ0) is 16.2. The normalized spacial score (nSPS) is 11.3. The van der Waals surface area contributed by atoms with Crippen LogP contribution in [0.5, 0.6) is 5.75 Å². The first-order valence-electron chi connectivity index (χ1n) is 5.40. The van der Waals surface area contributed by atoms with Crippen LogP contribution in [0.25, 0.3) is 0 Å². The average molecular weight is 310 g/mol. The zero-order valence-corrected chi connectivity index (χ0v) is 10.2. The molecule has 1 aromatic carbocycles. The molecule has 116 valence electrons. The van der Waals surface area contributed by atoms with Gasteiger partial charge in [0.2, 0.25) is 0 Å². The van der Waals surface area contributed by atoms with Gasteiger partial charge in [0.15, 0.2) is 0 Å². The summed E-state index contributed by atoms with van der Waals surface area (Å²) in [6, 6.07) is 1.72. The summed E-state index contributed by atoms with van der Waals surface area (Å²) in [7, 11) is 0. The van der Waals surface area contributed by atoms with E-state index in [9.17, 15) is 32.3 Å². The maximum Gasteiger partial charge on any atom is 0.339 e. The van der Waals surface area contributed by atoms with E-state index in [-0.39, 0.29) is 5.69 Å². The highest BCUT2D eigenvalue weighted by Crippen LogP contribution is 2.22. The molecule has 0 spiro atoms. The molecule has 0 bridgehead atoms. The second kappa shape index (κ2) is 6.29. The fourth-order valence-corrected chi connectivity index (χ4v) is 1.24. The molecule has 10 heteroatoms. The Balaban J connectivity index is 2.68. The molecule has 6 nitrogen and oxygen atoms in total. The number of benzene rings is 1. The Labute approximate surface area is 115 Å². The Bertz CT molecular complexity index is 551. The minimum atomic E-state index is -4.38. The lowest BCUT2D eigenvalue weighted by Crippen LogP contribution is -2.42. The number of rotatable bonds is 5. The lowest BCUT2D eigenvalue weighted by Gasteiger charge is -2.16. The van der Waals surface area contributed by atoms with E-state index in [0.717, 1.165) is 18.2 Å². The lowest BCUT2D eigenvalue weighted by atomic mass is 10.2. The van der Waals surface area contributed by atoms with E-state index in [1.165, 1.54) is 5.32 Å². The molecule has 1 rings (SSSR count). The van der Waals surface area contributed by atoms with Gasteiger partial charge in [0.1, 0.15) is 11.3 Å². The smallest absolute Gasteiger partial charge is 0.339 e. The minimum Gasteiger partial charge on any atom is -0.507 e. The Morgan fingerprint density at radius 1 is 1.29 bits per heavy atom. The number of urea groups is 1. The Morgan fingerprint density at radius 2 is 1.90 bits per heavy atom. The molecule has 0 aromatic heterocycles. The molecule has 0 saturated heterocycles. The van der Waals surface area contributed by atoms with Gasteiger partial charge >= 0.3 is 24.3 Å². The summed E-state index contributed by atoms with van der Waals surface area (Å²) in [5.41, 5.74) is -0.645. The van der Waals surface area contributed by atoms with Crippen LogP contribution in [0.15, 0.2) is 18.2 Å². The molecular weight excluding hydrogens is 300 g/mol. The number of nitrogens with one attached hydrogen (secondary N) is 2. The first-order valence-corrected chi connectivity index (χ1v) is 5.40. The third-order valence-electron chi connectivity index (χ3n) is 2.29. The van der Waals surface area contributed by atoms with E-state index < -0.39 is 42.2 Å². The molecule has 0 atom stereocenters. The first-order chi connectivity index (χ1) is 9.63. The van der Waals surface area contributed by atoms with Gasteiger partial charge in [0.25, 0.3) is 0 Å². The van der Waals surface area contributed by atoms with Gasteiger partial charge in [-0.25, -0.2) is 18.4 Å². The van der Waals surface area contributed by atoms with Gasteiger partial charge in [-0.1, -0.05) is 0 Å². The van der Waals surface area contributed by atoms with Crippen LogP contribution in [-0.2, 0) is 0 Å². The third-order valence-corrected chi connectivity index (χ3v) is 2.29. The molecule has 0 aliphatic heterocycles. The summed E-state index contributed by atoms with van der Waals surface area (Å²) in [5, 5.41) is 21.4. The molecule has 0 aliphatic carbocycles. The highest BCUT2D eigenvalue weighted by atomic mass is 19.3. The van der Waals surface area contributed by atoms with Crippen LogP contribution >= 0.6 is 0 Å². The van der Waals surface area contributed by atoms with Crippen LogP contribution in [-0.4, -0.2) is 41.1 Å². The zero-order valence-electron chi connectivity index (χ0n) is 10.2.